The van der Waals surface area contributed by atoms with Gasteiger partial charge in [0.15, 0.2) is 12.0 Å². The number of alkyl halides is 1. The Morgan fingerprint density at radius 3 is 2.74 bits per heavy atom. The minimum atomic E-state index is -1.36. The Morgan fingerprint density at radius 2 is 2.00 bits per heavy atom. The molecule has 2 fully saturated rings. The molecule has 0 spiro atoms. The highest BCUT2D eigenvalue weighted by molar-refractivity contribution is 5.95. The Bertz CT molecular complexity index is 632. The summed E-state index contributed by atoms with van der Waals surface area (Å²) in [5.74, 6) is 0.567. The number of ketones is 1. The smallest absolute Gasteiger partial charge is 0.189 e. The molecule has 4 aliphatic carbocycles. The average molecular weight is 318 g/mol. The van der Waals surface area contributed by atoms with E-state index in [1.165, 1.54) is 5.57 Å². The van der Waals surface area contributed by atoms with Crippen LogP contribution in [0, 0.1) is 22.7 Å². The van der Waals surface area contributed by atoms with Crippen molar-refractivity contribution in [2.45, 2.75) is 71.1 Å². The molecule has 4 rings (SSSR count). The molecule has 2 nitrogen and oxygen atoms in total. The van der Waals surface area contributed by atoms with Crippen LogP contribution in [0.25, 0.3) is 0 Å². The van der Waals surface area contributed by atoms with Gasteiger partial charge in [-0.3, -0.25) is 4.79 Å². The quantitative estimate of drug-likeness (QED) is 0.682. The number of hydrogen-bond donors (Lipinski definition) is 1. The van der Waals surface area contributed by atoms with Gasteiger partial charge in [-0.15, -0.1) is 0 Å². The molecule has 23 heavy (non-hydrogen) atoms. The van der Waals surface area contributed by atoms with Gasteiger partial charge in [0.1, 0.15) is 0 Å². The molecule has 0 aliphatic heterocycles. The number of rotatable bonds is 0. The summed E-state index contributed by atoms with van der Waals surface area (Å²) in [7, 11) is 0. The maximum atomic E-state index is 14.2. The minimum absolute atomic E-state index is 0.0711. The lowest BCUT2D eigenvalue weighted by molar-refractivity contribution is -0.121. The first-order valence-electron chi connectivity index (χ1n) is 9.01. The second-order valence-electron chi connectivity index (χ2n) is 8.92. The molecule has 0 unspecified atom stereocenters. The van der Waals surface area contributed by atoms with Gasteiger partial charge in [0.25, 0.3) is 0 Å². The van der Waals surface area contributed by atoms with Crippen LogP contribution < -0.4 is 0 Å². The van der Waals surface area contributed by atoms with Crippen molar-refractivity contribution in [2.75, 3.05) is 0 Å². The first-order chi connectivity index (χ1) is 10.7. The molecule has 0 aromatic rings. The van der Waals surface area contributed by atoms with E-state index in [1.807, 2.05) is 6.92 Å². The summed E-state index contributed by atoms with van der Waals surface area (Å²) in [6, 6.07) is 0. The summed E-state index contributed by atoms with van der Waals surface area (Å²) in [6.07, 6.45) is 7.53. The van der Waals surface area contributed by atoms with Gasteiger partial charge in [0.05, 0.1) is 5.60 Å². The summed E-state index contributed by atoms with van der Waals surface area (Å²) in [5, 5.41) is 10.9. The minimum Gasteiger partial charge on any atom is -0.390 e. The van der Waals surface area contributed by atoms with E-state index in [4.69, 9.17) is 0 Å². The molecule has 3 heteroatoms. The first-order valence-corrected chi connectivity index (χ1v) is 9.01. The van der Waals surface area contributed by atoms with Crippen LogP contribution in [0.2, 0.25) is 0 Å². The third-order valence-electron chi connectivity index (χ3n) is 7.91. The van der Waals surface area contributed by atoms with E-state index in [0.29, 0.717) is 18.3 Å². The molecule has 4 aliphatic rings. The van der Waals surface area contributed by atoms with Crippen molar-refractivity contribution in [3.63, 3.8) is 0 Å². The number of carbonyl (C=O) groups is 1. The molecule has 2 saturated carbocycles. The highest BCUT2D eigenvalue weighted by atomic mass is 19.1. The van der Waals surface area contributed by atoms with E-state index in [0.717, 1.165) is 37.7 Å². The van der Waals surface area contributed by atoms with Crippen molar-refractivity contribution in [3.05, 3.63) is 23.3 Å². The van der Waals surface area contributed by atoms with Crippen LogP contribution in [0.3, 0.4) is 0 Å². The number of carbonyl (C=O) groups excluding carboxylic acids is 1. The van der Waals surface area contributed by atoms with Gasteiger partial charge in [-0.05, 0) is 63.4 Å². The number of hydrogen-bond acceptors (Lipinski definition) is 2. The molecular weight excluding hydrogens is 291 g/mol. The van der Waals surface area contributed by atoms with Gasteiger partial charge in [-0.1, -0.05) is 31.1 Å². The Labute approximate surface area is 137 Å². The molecule has 0 radical (unpaired) electrons. The summed E-state index contributed by atoms with van der Waals surface area (Å²) in [4.78, 5) is 11.8. The van der Waals surface area contributed by atoms with Gasteiger partial charge in [-0.2, -0.15) is 0 Å². The van der Waals surface area contributed by atoms with Gasteiger partial charge in [0.2, 0.25) is 0 Å². The van der Waals surface area contributed by atoms with Gasteiger partial charge >= 0.3 is 0 Å². The van der Waals surface area contributed by atoms with Gasteiger partial charge < -0.3 is 5.11 Å². The Kier molecular flexibility index (Phi) is 3.09. The number of aliphatic hydroxyl groups is 1. The summed E-state index contributed by atoms with van der Waals surface area (Å²) in [6.45, 7) is 6.35. The van der Waals surface area contributed by atoms with Crippen molar-refractivity contribution in [2.24, 2.45) is 22.7 Å². The maximum absolute atomic E-state index is 14.2. The number of fused-ring (bicyclic) bond motifs is 5. The van der Waals surface area contributed by atoms with Crippen LogP contribution in [0.1, 0.15) is 59.3 Å². The Balaban J connectivity index is 1.78. The molecule has 0 amide bonds. The lowest BCUT2D eigenvalue weighted by atomic mass is 9.51. The van der Waals surface area contributed by atoms with Crippen molar-refractivity contribution in [3.8, 4) is 0 Å². The fraction of sp³-hybridized carbons (Fsp3) is 0.750. The molecule has 6 atom stereocenters. The van der Waals surface area contributed by atoms with Crippen LogP contribution >= 0.6 is 0 Å². The molecule has 1 N–H and O–H groups in total. The van der Waals surface area contributed by atoms with E-state index >= 15 is 0 Å². The fourth-order valence-corrected chi connectivity index (χ4v) is 6.11. The van der Waals surface area contributed by atoms with E-state index in [1.54, 1.807) is 6.08 Å². The van der Waals surface area contributed by atoms with Crippen LogP contribution in [-0.2, 0) is 4.79 Å². The molecule has 0 bridgehead atoms. The molecule has 0 saturated heterocycles. The van der Waals surface area contributed by atoms with E-state index < -0.39 is 11.8 Å². The van der Waals surface area contributed by atoms with Crippen LogP contribution in [-0.4, -0.2) is 22.7 Å². The van der Waals surface area contributed by atoms with Gasteiger partial charge in [-0.25, -0.2) is 4.39 Å². The van der Waals surface area contributed by atoms with Crippen LogP contribution in [0.4, 0.5) is 4.39 Å². The fourth-order valence-electron chi connectivity index (χ4n) is 6.11. The standard InChI is InChI=1S/C20H27FO2/c1-18-11-16(21)17(22)10-12(18)4-5-13-14(18)6-8-19(2)15(13)7-9-20(19,3)23/h6,10,13,15-16,23H,4-5,7-9,11H2,1-3H3/t13-,15-,16-,18+,19+,20+/m1/s1. The molecule has 126 valence electrons. The normalized spacial score (nSPS) is 52.2. The Morgan fingerprint density at radius 1 is 1.26 bits per heavy atom. The first kappa shape index (κ1) is 15.6. The average Bonchev–Trinajstić information content (AvgIpc) is 2.71. The molecular formula is C20H27FO2. The predicted octanol–water partition coefficient (Wildman–Crippen LogP) is 4.14. The van der Waals surface area contributed by atoms with Crippen LogP contribution in [0.5, 0.6) is 0 Å². The second-order valence-corrected chi connectivity index (χ2v) is 8.92. The van der Waals surface area contributed by atoms with Crippen molar-refractivity contribution >= 4 is 5.78 Å². The summed E-state index contributed by atoms with van der Waals surface area (Å²) < 4.78 is 14.2. The Hall–Kier alpha value is -0.960. The van der Waals surface area contributed by atoms with Crippen LogP contribution in [0.15, 0.2) is 23.3 Å². The predicted molar refractivity (Wildman–Crippen MR) is 87.6 cm³/mol. The molecule has 0 aromatic heterocycles. The third-order valence-corrected chi connectivity index (χ3v) is 7.91. The monoisotopic (exact) mass is 318 g/mol. The lowest BCUT2D eigenvalue weighted by Gasteiger charge is -2.54. The summed E-state index contributed by atoms with van der Waals surface area (Å²) >= 11 is 0. The van der Waals surface area contributed by atoms with E-state index in [2.05, 4.69) is 19.9 Å². The SMILES string of the molecule is C[C@]12C[C@@H](F)C(=O)C=C1CC[C@@H]1C2=CC[C@@]2(C)[C@@H]1CC[C@]2(C)O. The molecule has 0 heterocycles. The highest BCUT2D eigenvalue weighted by Gasteiger charge is 2.60. The summed E-state index contributed by atoms with van der Waals surface area (Å²) in [5.41, 5.74) is 1.52. The maximum Gasteiger partial charge on any atom is 0.189 e. The largest absolute Gasteiger partial charge is 0.390 e. The number of allylic oxidation sites excluding steroid dienone is 4. The van der Waals surface area contributed by atoms with E-state index in [9.17, 15) is 14.3 Å². The van der Waals surface area contributed by atoms with Crippen molar-refractivity contribution in [1.82, 2.24) is 0 Å². The zero-order valence-corrected chi connectivity index (χ0v) is 14.4. The van der Waals surface area contributed by atoms with Gasteiger partial charge in [0, 0.05) is 10.8 Å². The highest BCUT2D eigenvalue weighted by Crippen LogP contribution is 2.65. The zero-order chi connectivity index (χ0) is 16.6. The third kappa shape index (κ3) is 1.86. The second kappa shape index (κ2) is 4.56. The van der Waals surface area contributed by atoms with E-state index in [-0.39, 0.29) is 16.6 Å². The topological polar surface area (TPSA) is 37.3 Å². The molecule has 0 aromatic carbocycles. The zero-order valence-electron chi connectivity index (χ0n) is 14.4. The lowest BCUT2D eigenvalue weighted by Crippen LogP contribution is -2.50. The van der Waals surface area contributed by atoms with Crippen molar-refractivity contribution in [1.29, 1.82) is 0 Å². The number of halogens is 1. The van der Waals surface area contributed by atoms with Crippen molar-refractivity contribution < 1.29 is 14.3 Å².